The van der Waals surface area contributed by atoms with Gasteiger partial charge in [0.05, 0.1) is 18.0 Å². The fourth-order valence-electron chi connectivity index (χ4n) is 2.97. The highest BCUT2D eigenvalue weighted by Crippen LogP contribution is 2.16. The van der Waals surface area contributed by atoms with Crippen molar-refractivity contribution in [3.63, 3.8) is 0 Å². The first-order valence-corrected chi connectivity index (χ1v) is 10.6. The van der Waals surface area contributed by atoms with Crippen molar-refractivity contribution in [2.24, 2.45) is 0 Å². The van der Waals surface area contributed by atoms with Gasteiger partial charge in [0, 0.05) is 43.5 Å². The zero-order valence-corrected chi connectivity index (χ0v) is 16.3. The van der Waals surface area contributed by atoms with Crippen LogP contribution in [0.5, 0.6) is 0 Å². The highest BCUT2D eigenvalue weighted by Gasteiger charge is 2.23. The SMILES string of the molecule is CCS(=O)(=O)Nc1cccc(C(=O)N2CCN(Cc3cc(C)no3)CC2)c1. The topological polar surface area (TPSA) is 95.8 Å². The summed E-state index contributed by atoms with van der Waals surface area (Å²) in [5, 5.41) is 3.89. The fourth-order valence-corrected chi connectivity index (χ4v) is 3.60. The van der Waals surface area contributed by atoms with Gasteiger partial charge in [-0.2, -0.15) is 0 Å². The molecule has 0 saturated carbocycles. The third kappa shape index (κ3) is 5.08. The maximum absolute atomic E-state index is 12.8. The van der Waals surface area contributed by atoms with Gasteiger partial charge in [-0.25, -0.2) is 8.42 Å². The molecule has 3 rings (SSSR count). The van der Waals surface area contributed by atoms with Crippen LogP contribution in [0.2, 0.25) is 0 Å². The lowest BCUT2D eigenvalue weighted by Crippen LogP contribution is -2.48. The van der Waals surface area contributed by atoms with E-state index in [0.717, 1.165) is 24.5 Å². The van der Waals surface area contributed by atoms with Crippen LogP contribution in [0.25, 0.3) is 0 Å². The molecule has 1 aliphatic rings. The van der Waals surface area contributed by atoms with Crippen molar-refractivity contribution in [3.8, 4) is 0 Å². The predicted molar refractivity (Wildman–Crippen MR) is 102 cm³/mol. The van der Waals surface area contributed by atoms with Gasteiger partial charge in [-0.1, -0.05) is 11.2 Å². The van der Waals surface area contributed by atoms with E-state index in [-0.39, 0.29) is 11.7 Å². The number of carbonyl (C=O) groups is 1. The first kappa shape index (κ1) is 19.4. The molecule has 0 bridgehead atoms. The molecule has 8 nitrogen and oxygen atoms in total. The van der Waals surface area contributed by atoms with Crippen LogP contribution < -0.4 is 4.72 Å². The molecule has 1 saturated heterocycles. The number of piperazine rings is 1. The standard InChI is InChI=1S/C18H24N4O4S/c1-3-27(24,25)20-16-6-4-5-15(12-16)18(23)22-9-7-21(8-10-22)13-17-11-14(2)19-26-17/h4-6,11-12,20H,3,7-10,13H2,1-2H3. The second kappa shape index (κ2) is 8.10. The molecule has 1 amide bonds. The van der Waals surface area contributed by atoms with Crippen LogP contribution in [0.1, 0.15) is 28.7 Å². The Kier molecular flexibility index (Phi) is 5.81. The second-order valence-electron chi connectivity index (χ2n) is 6.59. The Bertz CT molecular complexity index is 902. The minimum absolute atomic E-state index is 0.0160. The van der Waals surface area contributed by atoms with E-state index in [4.69, 9.17) is 4.52 Å². The zero-order chi connectivity index (χ0) is 19.4. The molecule has 1 aromatic heterocycles. The first-order valence-electron chi connectivity index (χ1n) is 8.90. The summed E-state index contributed by atoms with van der Waals surface area (Å²) in [6, 6.07) is 8.53. The van der Waals surface area contributed by atoms with E-state index in [9.17, 15) is 13.2 Å². The van der Waals surface area contributed by atoms with Gasteiger partial charge >= 0.3 is 0 Å². The van der Waals surface area contributed by atoms with Gasteiger partial charge in [0.15, 0.2) is 5.76 Å². The zero-order valence-electron chi connectivity index (χ0n) is 15.5. The van der Waals surface area contributed by atoms with Crippen molar-refractivity contribution in [2.45, 2.75) is 20.4 Å². The molecule has 1 aromatic carbocycles. The van der Waals surface area contributed by atoms with Gasteiger partial charge < -0.3 is 9.42 Å². The van der Waals surface area contributed by atoms with Gasteiger partial charge in [-0.3, -0.25) is 14.4 Å². The molecule has 1 aliphatic heterocycles. The maximum Gasteiger partial charge on any atom is 0.254 e. The number of rotatable bonds is 6. The number of nitrogens with zero attached hydrogens (tertiary/aromatic N) is 3. The summed E-state index contributed by atoms with van der Waals surface area (Å²) < 4.78 is 31.2. The van der Waals surface area contributed by atoms with Crippen LogP contribution in [0.3, 0.4) is 0 Å². The second-order valence-corrected chi connectivity index (χ2v) is 8.60. The largest absolute Gasteiger partial charge is 0.360 e. The molecule has 146 valence electrons. The molecule has 2 heterocycles. The highest BCUT2D eigenvalue weighted by molar-refractivity contribution is 7.92. The molecule has 1 fully saturated rings. The van der Waals surface area contributed by atoms with Gasteiger partial charge in [-0.15, -0.1) is 0 Å². The van der Waals surface area contributed by atoms with Gasteiger partial charge in [0.25, 0.3) is 5.91 Å². The first-order chi connectivity index (χ1) is 12.9. The van der Waals surface area contributed by atoms with Crippen molar-refractivity contribution >= 4 is 21.6 Å². The summed E-state index contributed by atoms with van der Waals surface area (Å²) in [7, 11) is -3.37. The predicted octanol–water partition coefficient (Wildman–Crippen LogP) is 1.70. The number of hydrogen-bond donors (Lipinski definition) is 1. The Morgan fingerprint density at radius 3 is 2.59 bits per heavy atom. The monoisotopic (exact) mass is 392 g/mol. The molecule has 0 unspecified atom stereocenters. The summed E-state index contributed by atoms with van der Waals surface area (Å²) in [6.45, 7) is 6.83. The Balaban J connectivity index is 1.59. The van der Waals surface area contributed by atoms with Crippen LogP contribution in [-0.2, 0) is 16.6 Å². The number of benzene rings is 1. The van der Waals surface area contributed by atoms with Crippen molar-refractivity contribution in [2.75, 3.05) is 36.7 Å². The number of nitrogens with one attached hydrogen (secondary N) is 1. The average Bonchev–Trinajstić information content (AvgIpc) is 3.06. The molecule has 1 N–H and O–H groups in total. The minimum atomic E-state index is -3.37. The number of carbonyl (C=O) groups excluding carboxylic acids is 1. The smallest absolute Gasteiger partial charge is 0.254 e. The van der Waals surface area contributed by atoms with Crippen molar-refractivity contribution < 1.29 is 17.7 Å². The average molecular weight is 392 g/mol. The van der Waals surface area contributed by atoms with E-state index >= 15 is 0 Å². The maximum atomic E-state index is 12.8. The lowest BCUT2D eigenvalue weighted by molar-refractivity contribution is 0.0617. The summed E-state index contributed by atoms with van der Waals surface area (Å²) in [5.74, 6) is 0.712. The molecule has 0 radical (unpaired) electrons. The summed E-state index contributed by atoms with van der Waals surface area (Å²) in [5.41, 5.74) is 1.74. The van der Waals surface area contributed by atoms with Crippen molar-refractivity contribution in [1.29, 1.82) is 0 Å². The van der Waals surface area contributed by atoms with Crippen molar-refractivity contribution in [3.05, 3.63) is 47.3 Å². The summed E-state index contributed by atoms with van der Waals surface area (Å²) >= 11 is 0. The van der Waals surface area contributed by atoms with E-state index in [1.54, 1.807) is 36.1 Å². The third-order valence-electron chi connectivity index (χ3n) is 4.48. The number of aromatic nitrogens is 1. The number of sulfonamides is 1. The normalized spacial score (nSPS) is 15.7. The highest BCUT2D eigenvalue weighted by atomic mass is 32.2. The van der Waals surface area contributed by atoms with E-state index in [1.807, 2.05) is 13.0 Å². The summed E-state index contributed by atoms with van der Waals surface area (Å²) in [6.07, 6.45) is 0. The van der Waals surface area contributed by atoms with Gasteiger partial charge in [0.2, 0.25) is 10.0 Å². The van der Waals surface area contributed by atoms with Crippen LogP contribution >= 0.6 is 0 Å². The van der Waals surface area contributed by atoms with Crippen LogP contribution in [0.4, 0.5) is 5.69 Å². The summed E-state index contributed by atoms with van der Waals surface area (Å²) in [4.78, 5) is 16.8. The molecular weight excluding hydrogens is 368 g/mol. The Labute approximate surface area is 159 Å². The van der Waals surface area contributed by atoms with Crippen LogP contribution in [-0.4, -0.2) is 61.2 Å². The number of amides is 1. The van der Waals surface area contributed by atoms with Crippen molar-refractivity contribution in [1.82, 2.24) is 15.0 Å². The Morgan fingerprint density at radius 1 is 1.22 bits per heavy atom. The van der Waals surface area contributed by atoms with Gasteiger partial charge in [0.1, 0.15) is 0 Å². The Morgan fingerprint density at radius 2 is 1.96 bits per heavy atom. The third-order valence-corrected chi connectivity index (χ3v) is 5.79. The van der Waals surface area contributed by atoms with E-state index in [2.05, 4.69) is 14.8 Å². The molecule has 9 heteroatoms. The van der Waals surface area contributed by atoms with E-state index < -0.39 is 10.0 Å². The lowest BCUT2D eigenvalue weighted by atomic mass is 10.1. The van der Waals surface area contributed by atoms with E-state index in [0.29, 0.717) is 30.9 Å². The minimum Gasteiger partial charge on any atom is -0.360 e. The number of aryl methyl sites for hydroxylation is 1. The quantitative estimate of drug-likeness (QED) is 0.804. The molecule has 0 atom stereocenters. The molecular formula is C18H24N4O4S. The van der Waals surface area contributed by atoms with Crippen LogP contribution in [0, 0.1) is 6.92 Å². The Hall–Kier alpha value is -2.39. The number of hydrogen-bond acceptors (Lipinski definition) is 6. The lowest BCUT2D eigenvalue weighted by Gasteiger charge is -2.34. The van der Waals surface area contributed by atoms with Gasteiger partial charge in [-0.05, 0) is 32.0 Å². The molecule has 0 aliphatic carbocycles. The molecule has 0 spiro atoms. The van der Waals surface area contributed by atoms with E-state index in [1.165, 1.54) is 0 Å². The molecule has 27 heavy (non-hydrogen) atoms. The number of anilines is 1. The molecule has 2 aromatic rings. The fraction of sp³-hybridized carbons (Fsp3) is 0.444. The van der Waals surface area contributed by atoms with Crippen LogP contribution in [0.15, 0.2) is 34.9 Å².